The highest BCUT2D eigenvalue weighted by atomic mass is 32.2. The molecule has 3 rings (SSSR count). The molecule has 2 heterocycles. The molecule has 2 amide bonds. The lowest BCUT2D eigenvalue weighted by molar-refractivity contribution is -0.127. The van der Waals surface area contributed by atoms with Crippen molar-refractivity contribution in [3.8, 4) is 0 Å². The summed E-state index contributed by atoms with van der Waals surface area (Å²) in [6.45, 7) is 2.01. The number of amides is 2. The summed E-state index contributed by atoms with van der Waals surface area (Å²) < 4.78 is 40.5. The van der Waals surface area contributed by atoms with E-state index in [0.29, 0.717) is 25.9 Å². The number of likely N-dealkylation sites (tertiary alicyclic amines) is 1. The van der Waals surface area contributed by atoms with E-state index in [9.17, 15) is 22.4 Å². The van der Waals surface area contributed by atoms with Crippen molar-refractivity contribution in [3.63, 3.8) is 0 Å². The van der Waals surface area contributed by atoms with Crippen LogP contribution in [-0.2, 0) is 19.6 Å². The Morgan fingerprint density at radius 2 is 1.69 bits per heavy atom. The van der Waals surface area contributed by atoms with Gasteiger partial charge in [-0.3, -0.25) is 14.5 Å². The predicted octanol–water partition coefficient (Wildman–Crippen LogP) is 0.292. The van der Waals surface area contributed by atoms with E-state index in [4.69, 9.17) is 5.73 Å². The van der Waals surface area contributed by atoms with E-state index in [2.05, 4.69) is 5.32 Å². The topological polar surface area (TPSA) is 113 Å². The Kier molecular flexibility index (Phi) is 6.86. The molecule has 1 aromatic rings. The van der Waals surface area contributed by atoms with Crippen molar-refractivity contribution >= 4 is 21.8 Å². The number of nitrogens with zero attached hydrogens (tertiary/aromatic N) is 2. The summed E-state index contributed by atoms with van der Waals surface area (Å²) in [6.07, 6.45) is 2.30. The van der Waals surface area contributed by atoms with Crippen molar-refractivity contribution in [2.75, 3.05) is 32.7 Å². The van der Waals surface area contributed by atoms with E-state index >= 15 is 0 Å². The van der Waals surface area contributed by atoms with E-state index in [-0.39, 0.29) is 48.3 Å². The summed E-state index contributed by atoms with van der Waals surface area (Å²) >= 11 is 0. The highest BCUT2D eigenvalue weighted by molar-refractivity contribution is 7.89. The molecule has 2 aliphatic heterocycles. The van der Waals surface area contributed by atoms with Gasteiger partial charge in [-0.05, 0) is 37.8 Å². The van der Waals surface area contributed by atoms with Gasteiger partial charge in [-0.25, -0.2) is 12.8 Å². The molecule has 0 spiro atoms. The smallest absolute Gasteiger partial charge is 0.245 e. The van der Waals surface area contributed by atoms with Crippen LogP contribution < -0.4 is 11.1 Å². The van der Waals surface area contributed by atoms with Gasteiger partial charge in [-0.2, -0.15) is 4.31 Å². The van der Waals surface area contributed by atoms with Gasteiger partial charge in [-0.1, -0.05) is 12.1 Å². The number of carbonyl (C=O) groups excluding carboxylic acids is 2. The Morgan fingerprint density at radius 3 is 2.28 bits per heavy atom. The van der Waals surface area contributed by atoms with Crippen LogP contribution >= 0.6 is 0 Å². The lowest BCUT2D eigenvalue weighted by Gasteiger charge is -2.34. The van der Waals surface area contributed by atoms with Crippen LogP contribution in [-0.4, -0.2) is 68.2 Å². The molecule has 3 N–H and O–H groups in total. The van der Waals surface area contributed by atoms with Crippen LogP contribution in [0.3, 0.4) is 0 Å². The number of sulfonamides is 1. The zero-order valence-corrected chi connectivity index (χ0v) is 17.0. The second-order valence-electron chi connectivity index (χ2n) is 7.63. The molecule has 1 aromatic carbocycles. The monoisotopic (exact) mass is 426 g/mol. The number of primary amides is 1. The lowest BCUT2D eigenvalue weighted by atomic mass is 9.96. The maximum atomic E-state index is 13.9. The molecule has 160 valence electrons. The average Bonchev–Trinajstić information content (AvgIpc) is 2.69. The normalized spacial score (nSPS) is 20.4. The fourth-order valence-corrected chi connectivity index (χ4v) is 5.46. The summed E-state index contributed by atoms with van der Waals surface area (Å²) in [5.41, 5.74) is 5.21. The molecule has 29 heavy (non-hydrogen) atoms. The van der Waals surface area contributed by atoms with Crippen LogP contribution in [0.2, 0.25) is 0 Å². The second-order valence-corrected chi connectivity index (χ2v) is 9.54. The number of rotatable bonds is 6. The van der Waals surface area contributed by atoms with Gasteiger partial charge in [0.25, 0.3) is 0 Å². The van der Waals surface area contributed by atoms with E-state index in [0.717, 1.165) is 18.9 Å². The number of piperidine rings is 2. The number of benzene rings is 1. The SMILES string of the molecule is NC(=O)CN1CCC(NC(=O)C2CCN(S(=O)(=O)c3ccccc3F)CC2)CC1. The zero-order chi connectivity index (χ0) is 21.0. The van der Waals surface area contributed by atoms with Gasteiger partial charge in [0, 0.05) is 38.1 Å². The molecule has 10 heteroatoms. The summed E-state index contributed by atoms with van der Waals surface area (Å²) in [7, 11) is -3.90. The van der Waals surface area contributed by atoms with Crippen molar-refractivity contribution in [2.24, 2.45) is 11.7 Å². The highest BCUT2D eigenvalue weighted by Gasteiger charge is 2.34. The third kappa shape index (κ3) is 5.31. The molecular weight excluding hydrogens is 399 g/mol. The maximum absolute atomic E-state index is 13.9. The quantitative estimate of drug-likeness (QED) is 0.679. The molecule has 8 nitrogen and oxygen atoms in total. The zero-order valence-electron chi connectivity index (χ0n) is 16.2. The van der Waals surface area contributed by atoms with Gasteiger partial charge in [0.15, 0.2) is 0 Å². The van der Waals surface area contributed by atoms with Crippen LogP contribution in [0.1, 0.15) is 25.7 Å². The van der Waals surface area contributed by atoms with Gasteiger partial charge in [0.1, 0.15) is 10.7 Å². The molecule has 0 radical (unpaired) electrons. The first-order valence-electron chi connectivity index (χ1n) is 9.83. The van der Waals surface area contributed by atoms with Crippen LogP contribution in [0.15, 0.2) is 29.2 Å². The molecule has 0 saturated carbocycles. The Labute approximate surface area is 170 Å². The third-order valence-electron chi connectivity index (χ3n) is 5.59. The van der Waals surface area contributed by atoms with Crippen molar-refractivity contribution in [2.45, 2.75) is 36.6 Å². The van der Waals surface area contributed by atoms with E-state index in [1.807, 2.05) is 4.90 Å². The fourth-order valence-electron chi connectivity index (χ4n) is 3.93. The molecule has 2 saturated heterocycles. The third-order valence-corrected chi connectivity index (χ3v) is 7.52. The van der Waals surface area contributed by atoms with Crippen molar-refractivity contribution < 1.29 is 22.4 Å². The number of carbonyl (C=O) groups is 2. The van der Waals surface area contributed by atoms with Gasteiger partial charge in [0.2, 0.25) is 21.8 Å². The molecule has 0 bridgehead atoms. The minimum Gasteiger partial charge on any atom is -0.369 e. The minimum absolute atomic E-state index is 0.0480. The lowest BCUT2D eigenvalue weighted by Crippen LogP contribution is -2.49. The van der Waals surface area contributed by atoms with E-state index in [1.54, 1.807) is 0 Å². The van der Waals surface area contributed by atoms with Crippen molar-refractivity contribution in [1.82, 2.24) is 14.5 Å². The summed E-state index contributed by atoms with van der Waals surface area (Å²) in [5.74, 6) is -1.45. The number of nitrogens with two attached hydrogens (primary N) is 1. The van der Waals surface area contributed by atoms with Gasteiger partial charge < -0.3 is 11.1 Å². The molecule has 0 aliphatic carbocycles. The Balaban J connectivity index is 1.49. The molecule has 2 fully saturated rings. The largest absolute Gasteiger partial charge is 0.369 e. The molecular formula is C19H27FN4O4S. The minimum atomic E-state index is -3.90. The van der Waals surface area contributed by atoms with Crippen LogP contribution in [0.5, 0.6) is 0 Å². The Morgan fingerprint density at radius 1 is 1.07 bits per heavy atom. The van der Waals surface area contributed by atoms with E-state index in [1.165, 1.54) is 22.5 Å². The van der Waals surface area contributed by atoms with Gasteiger partial charge in [-0.15, -0.1) is 0 Å². The number of nitrogens with one attached hydrogen (secondary N) is 1. The fraction of sp³-hybridized carbons (Fsp3) is 0.579. The number of hydrogen-bond donors (Lipinski definition) is 2. The average molecular weight is 427 g/mol. The summed E-state index contributed by atoms with van der Waals surface area (Å²) in [5, 5.41) is 3.05. The van der Waals surface area contributed by atoms with Crippen molar-refractivity contribution in [1.29, 1.82) is 0 Å². The number of hydrogen-bond acceptors (Lipinski definition) is 5. The van der Waals surface area contributed by atoms with Gasteiger partial charge in [0.05, 0.1) is 6.54 Å². The first-order chi connectivity index (χ1) is 13.8. The van der Waals surface area contributed by atoms with Crippen LogP contribution in [0.4, 0.5) is 4.39 Å². The second kappa shape index (κ2) is 9.19. The van der Waals surface area contributed by atoms with Crippen LogP contribution in [0.25, 0.3) is 0 Å². The Hall–Kier alpha value is -2.04. The molecule has 2 aliphatic rings. The first kappa shape index (κ1) is 21.7. The first-order valence-corrected chi connectivity index (χ1v) is 11.3. The maximum Gasteiger partial charge on any atom is 0.245 e. The predicted molar refractivity (Wildman–Crippen MR) is 105 cm³/mol. The Bertz CT molecular complexity index is 848. The number of halogens is 1. The van der Waals surface area contributed by atoms with E-state index < -0.39 is 15.8 Å². The highest BCUT2D eigenvalue weighted by Crippen LogP contribution is 2.25. The van der Waals surface area contributed by atoms with Crippen LogP contribution in [0, 0.1) is 11.7 Å². The summed E-state index contributed by atoms with van der Waals surface area (Å²) in [4.78, 5) is 25.2. The van der Waals surface area contributed by atoms with Crippen molar-refractivity contribution in [3.05, 3.63) is 30.1 Å². The summed E-state index contributed by atoms with van der Waals surface area (Å²) in [6, 6.07) is 5.37. The molecule has 0 atom stereocenters. The molecule has 0 unspecified atom stereocenters. The van der Waals surface area contributed by atoms with Gasteiger partial charge >= 0.3 is 0 Å². The standard InChI is InChI=1S/C19H27FN4O4S/c20-16-3-1-2-4-17(16)29(27,28)24-11-5-14(6-12-24)19(26)22-15-7-9-23(10-8-15)13-18(21)25/h1-4,14-15H,5-13H2,(H2,21,25)(H,22,26). The molecule has 0 aromatic heterocycles.